The zero-order valence-electron chi connectivity index (χ0n) is 11.9. The molecule has 4 nitrogen and oxygen atoms in total. The van der Waals surface area contributed by atoms with E-state index in [1.165, 1.54) is 31.0 Å². The number of aliphatic imine (C=N–C) groups is 1. The highest BCUT2D eigenvalue weighted by Crippen LogP contribution is 2.25. The number of rotatable bonds is 1. The Kier molecular flexibility index (Phi) is 3.02. The third-order valence-electron chi connectivity index (χ3n) is 4.76. The predicted molar refractivity (Wildman–Crippen MR) is 82.3 cm³/mol. The van der Waals surface area contributed by atoms with Gasteiger partial charge in [-0.15, -0.1) is 0 Å². The van der Waals surface area contributed by atoms with E-state index in [0.717, 1.165) is 32.7 Å². The van der Waals surface area contributed by atoms with Crippen LogP contribution in [-0.2, 0) is 0 Å². The Morgan fingerprint density at radius 2 is 1.65 bits per heavy atom. The lowest BCUT2D eigenvalue weighted by Gasteiger charge is -2.39. The van der Waals surface area contributed by atoms with Crippen LogP contribution in [0, 0.1) is 0 Å². The lowest BCUT2D eigenvalue weighted by atomic mass is 10.2. The van der Waals surface area contributed by atoms with Crippen molar-refractivity contribution >= 4 is 11.6 Å². The molecule has 0 N–H and O–H groups in total. The molecule has 0 bridgehead atoms. The summed E-state index contributed by atoms with van der Waals surface area (Å²) < 4.78 is 0. The molecule has 2 fully saturated rings. The van der Waals surface area contributed by atoms with E-state index >= 15 is 0 Å². The zero-order valence-corrected chi connectivity index (χ0v) is 11.9. The van der Waals surface area contributed by atoms with E-state index in [0.29, 0.717) is 6.04 Å². The molecule has 1 atom stereocenters. The van der Waals surface area contributed by atoms with Gasteiger partial charge in [-0.3, -0.25) is 4.99 Å². The van der Waals surface area contributed by atoms with E-state index in [2.05, 4.69) is 45.0 Å². The first-order valence-electron chi connectivity index (χ1n) is 7.78. The number of hydrogen-bond acceptors (Lipinski definition) is 4. The molecule has 2 saturated heterocycles. The van der Waals surface area contributed by atoms with Crippen molar-refractivity contribution in [3.8, 4) is 0 Å². The molecule has 0 radical (unpaired) electrons. The molecule has 20 heavy (non-hydrogen) atoms. The molecule has 1 aromatic rings. The molecular weight excluding hydrogens is 248 g/mol. The van der Waals surface area contributed by atoms with Gasteiger partial charge in [-0.1, -0.05) is 18.2 Å². The Morgan fingerprint density at radius 1 is 0.900 bits per heavy atom. The van der Waals surface area contributed by atoms with Gasteiger partial charge in [0.2, 0.25) is 0 Å². The highest BCUT2D eigenvalue weighted by molar-refractivity contribution is 5.82. The number of benzene rings is 1. The van der Waals surface area contributed by atoms with Gasteiger partial charge in [-0.05, 0) is 25.0 Å². The minimum absolute atomic E-state index is 0.706. The molecule has 1 aromatic carbocycles. The molecule has 4 heteroatoms. The Morgan fingerprint density at radius 3 is 2.45 bits per heavy atom. The second-order valence-electron chi connectivity index (χ2n) is 5.94. The van der Waals surface area contributed by atoms with Crippen LogP contribution in [0.15, 0.2) is 35.3 Å². The van der Waals surface area contributed by atoms with E-state index in [9.17, 15) is 0 Å². The van der Waals surface area contributed by atoms with Crippen LogP contribution in [-0.4, -0.2) is 61.1 Å². The number of fused-ring (bicyclic) bond motifs is 1. The molecule has 0 unspecified atom stereocenters. The molecule has 0 aliphatic carbocycles. The fourth-order valence-corrected chi connectivity index (χ4v) is 3.65. The summed E-state index contributed by atoms with van der Waals surface area (Å²) in [7, 11) is 0. The number of hydrogen-bond donors (Lipinski definition) is 0. The van der Waals surface area contributed by atoms with Crippen molar-refractivity contribution in [2.45, 2.75) is 18.9 Å². The normalized spacial score (nSPS) is 25.9. The van der Waals surface area contributed by atoms with Gasteiger partial charge in [-0.25, -0.2) is 0 Å². The summed E-state index contributed by atoms with van der Waals surface area (Å²) >= 11 is 0. The van der Waals surface area contributed by atoms with Gasteiger partial charge >= 0.3 is 0 Å². The third-order valence-corrected chi connectivity index (χ3v) is 4.76. The molecule has 3 aliphatic rings. The Hall–Kier alpha value is -1.71. The van der Waals surface area contributed by atoms with Crippen LogP contribution in [0.3, 0.4) is 0 Å². The Labute approximate surface area is 120 Å². The predicted octanol–water partition coefficient (Wildman–Crippen LogP) is 1.64. The molecular formula is C16H22N4. The second-order valence-corrected chi connectivity index (χ2v) is 5.94. The molecule has 0 saturated carbocycles. The third kappa shape index (κ3) is 2.03. The standard InChI is InChI=1S/C16H22N4/c1-2-5-14(6-3-1)18-9-11-19(12-10-18)16-17-13-15-7-4-8-20(15)16/h1-3,5-6,15H,4,7-13H2/t15-/m1/s1. The van der Waals surface area contributed by atoms with Gasteiger partial charge in [0.1, 0.15) is 0 Å². The molecule has 4 rings (SSSR count). The van der Waals surface area contributed by atoms with Gasteiger partial charge in [-0.2, -0.15) is 0 Å². The van der Waals surface area contributed by atoms with Gasteiger partial charge in [0.15, 0.2) is 5.96 Å². The van der Waals surface area contributed by atoms with E-state index < -0.39 is 0 Å². The van der Waals surface area contributed by atoms with Gasteiger partial charge in [0.25, 0.3) is 0 Å². The van der Waals surface area contributed by atoms with Crippen LogP contribution in [0.1, 0.15) is 12.8 Å². The topological polar surface area (TPSA) is 22.1 Å². The maximum Gasteiger partial charge on any atom is 0.197 e. The van der Waals surface area contributed by atoms with Crippen molar-refractivity contribution in [3.63, 3.8) is 0 Å². The first-order chi connectivity index (χ1) is 9.92. The number of piperazine rings is 1. The van der Waals surface area contributed by atoms with E-state index in [1.54, 1.807) is 0 Å². The summed E-state index contributed by atoms with van der Waals surface area (Å²) in [6.45, 7) is 6.62. The van der Waals surface area contributed by atoms with Crippen LogP contribution >= 0.6 is 0 Å². The van der Waals surface area contributed by atoms with E-state index in [-0.39, 0.29) is 0 Å². The van der Waals surface area contributed by atoms with Gasteiger partial charge in [0.05, 0.1) is 12.6 Å². The fraction of sp³-hybridized carbons (Fsp3) is 0.562. The number of para-hydroxylation sites is 1. The average molecular weight is 270 g/mol. The quantitative estimate of drug-likeness (QED) is 0.774. The van der Waals surface area contributed by atoms with Crippen molar-refractivity contribution in [3.05, 3.63) is 30.3 Å². The number of nitrogens with zero attached hydrogens (tertiary/aromatic N) is 4. The van der Waals surface area contributed by atoms with Crippen molar-refractivity contribution in [2.75, 3.05) is 44.2 Å². The zero-order chi connectivity index (χ0) is 13.4. The maximum absolute atomic E-state index is 4.79. The van der Waals surface area contributed by atoms with Crippen LogP contribution in [0.5, 0.6) is 0 Å². The molecule has 106 valence electrons. The maximum atomic E-state index is 4.79. The van der Waals surface area contributed by atoms with Crippen molar-refractivity contribution in [1.29, 1.82) is 0 Å². The van der Waals surface area contributed by atoms with Gasteiger partial charge in [0, 0.05) is 38.4 Å². The molecule has 3 heterocycles. The highest BCUT2D eigenvalue weighted by Gasteiger charge is 2.35. The largest absolute Gasteiger partial charge is 0.368 e. The Bertz CT molecular complexity index is 490. The smallest absolute Gasteiger partial charge is 0.197 e. The first kappa shape index (κ1) is 12.1. The first-order valence-corrected chi connectivity index (χ1v) is 7.78. The van der Waals surface area contributed by atoms with Crippen molar-refractivity contribution in [1.82, 2.24) is 9.80 Å². The lowest BCUT2D eigenvalue weighted by molar-refractivity contribution is 0.316. The Balaban J connectivity index is 1.40. The van der Waals surface area contributed by atoms with Crippen molar-refractivity contribution < 1.29 is 0 Å². The lowest BCUT2D eigenvalue weighted by Crippen LogP contribution is -2.52. The summed E-state index contributed by atoms with van der Waals surface area (Å²) in [4.78, 5) is 12.3. The fourth-order valence-electron chi connectivity index (χ4n) is 3.65. The SMILES string of the molecule is c1ccc(N2CCN(C3=NC[C@H]4CCCN34)CC2)cc1. The highest BCUT2D eigenvalue weighted by atomic mass is 15.4. The summed E-state index contributed by atoms with van der Waals surface area (Å²) in [5.41, 5.74) is 1.35. The summed E-state index contributed by atoms with van der Waals surface area (Å²) in [5, 5.41) is 0. The monoisotopic (exact) mass is 270 g/mol. The number of anilines is 1. The van der Waals surface area contributed by atoms with E-state index in [1.807, 2.05) is 0 Å². The molecule has 0 aromatic heterocycles. The summed E-state index contributed by atoms with van der Waals surface area (Å²) in [6, 6.07) is 11.4. The van der Waals surface area contributed by atoms with Gasteiger partial charge < -0.3 is 14.7 Å². The minimum Gasteiger partial charge on any atom is -0.368 e. The molecule has 3 aliphatic heterocycles. The molecule has 0 amide bonds. The van der Waals surface area contributed by atoms with Crippen LogP contribution in [0.2, 0.25) is 0 Å². The van der Waals surface area contributed by atoms with Crippen LogP contribution in [0.4, 0.5) is 5.69 Å². The van der Waals surface area contributed by atoms with E-state index in [4.69, 9.17) is 4.99 Å². The molecule has 0 spiro atoms. The second kappa shape index (κ2) is 5.00. The number of guanidine groups is 1. The minimum atomic E-state index is 0.706. The van der Waals surface area contributed by atoms with Crippen molar-refractivity contribution in [2.24, 2.45) is 4.99 Å². The summed E-state index contributed by atoms with van der Waals surface area (Å²) in [6.07, 6.45) is 2.67. The summed E-state index contributed by atoms with van der Waals surface area (Å²) in [5.74, 6) is 1.28. The van der Waals surface area contributed by atoms with Crippen LogP contribution in [0.25, 0.3) is 0 Å². The van der Waals surface area contributed by atoms with Crippen LogP contribution < -0.4 is 4.90 Å². The average Bonchev–Trinajstić information content (AvgIpc) is 3.11.